The average Bonchev–Trinajstić information content (AvgIpc) is 2.43. The topological polar surface area (TPSA) is 41.6 Å². The van der Waals surface area contributed by atoms with Crippen LogP contribution in [-0.2, 0) is 4.79 Å². The van der Waals surface area contributed by atoms with Gasteiger partial charge in [0.2, 0.25) is 5.91 Å². The molecule has 0 saturated heterocycles. The molecule has 20 heavy (non-hydrogen) atoms. The Hall–Kier alpha value is -1.55. The number of rotatable bonds is 8. The molecule has 0 saturated carbocycles. The van der Waals surface area contributed by atoms with Crippen LogP contribution < -0.4 is 10.1 Å². The van der Waals surface area contributed by atoms with E-state index in [4.69, 9.17) is 4.74 Å². The smallest absolute Gasteiger partial charge is 0.226 e. The maximum absolute atomic E-state index is 12.1. The Morgan fingerprint density at radius 1 is 1.45 bits per heavy atom. The van der Waals surface area contributed by atoms with E-state index < -0.39 is 0 Å². The van der Waals surface area contributed by atoms with Crippen molar-refractivity contribution in [1.82, 2.24) is 10.2 Å². The zero-order chi connectivity index (χ0) is 15.0. The Morgan fingerprint density at radius 3 is 2.85 bits per heavy atom. The fraction of sp³-hybridized carbons (Fsp3) is 0.562. The number of nitrogens with one attached hydrogen (secondary N) is 1. The highest BCUT2D eigenvalue weighted by Gasteiger charge is 2.16. The summed E-state index contributed by atoms with van der Waals surface area (Å²) in [5, 5.41) is 3.19. The molecule has 1 N–H and O–H groups in total. The van der Waals surface area contributed by atoms with Gasteiger partial charge in [-0.25, -0.2) is 0 Å². The van der Waals surface area contributed by atoms with Crippen LogP contribution in [0.2, 0.25) is 0 Å². The Labute approximate surface area is 122 Å². The quantitative estimate of drug-likeness (QED) is 0.791. The van der Waals surface area contributed by atoms with Crippen LogP contribution in [0.15, 0.2) is 24.3 Å². The van der Waals surface area contributed by atoms with Crippen LogP contribution in [0.5, 0.6) is 5.75 Å². The van der Waals surface area contributed by atoms with Gasteiger partial charge >= 0.3 is 0 Å². The third-order valence-corrected chi connectivity index (χ3v) is 3.18. The minimum absolute atomic E-state index is 0.00100. The average molecular weight is 278 g/mol. The monoisotopic (exact) mass is 278 g/mol. The van der Waals surface area contributed by atoms with E-state index in [1.807, 2.05) is 52.1 Å². The molecule has 112 valence electrons. The first-order valence-electron chi connectivity index (χ1n) is 7.19. The largest absolute Gasteiger partial charge is 0.492 e. The van der Waals surface area contributed by atoms with Gasteiger partial charge in [0.05, 0.1) is 6.54 Å². The minimum Gasteiger partial charge on any atom is -0.492 e. The van der Waals surface area contributed by atoms with E-state index in [0.29, 0.717) is 13.2 Å². The number of likely N-dealkylation sites (N-methyl/N-ethyl adjacent to an activating group) is 1. The molecule has 0 aromatic heterocycles. The second-order valence-electron chi connectivity index (χ2n) is 5.13. The van der Waals surface area contributed by atoms with Crippen molar-refractivity contribution in [2.45, 2.75) is 20.8 Å². The summed E-state index contributed by atoms with van der Waals surface area (Å²) < 4.78 is 5.66. The molecule has 4 nitrogen and oxygen atoms in total. The highest BCUT2D eigenvalue weighted by atomic mass is 16.5. The van der Waals surface area contributed by atoms with Gasteiger partial charge in [0.25, 0.3) is 0 Å². The Kier molecular flexibility index (Phi) is 7.09. The van der Waals surface area contributed by atoms with E-state index in [1.165, 1.54) is 5.56 Å². The lowest BCUT2D eigenvalue weighted by atomic mass is 10.1. The maximum atomic E-state index is 12.1. The fourth-order valence-electron chi connectivity index (χ4n) is 1.94. The molecule has 0 bridgehead atoms. The number of ether oxygens (including phenoxy) is 1. The molecule has 1 rings (SSSR count). The summed E-state index contributed by atoms with van der Waals surface area (Å²) >= 11 is 0. The van der Waals surface area contributed by atoms with Crippen molar-refractivity contribution in [3.8, 4) is 5.75 Å². The van der Waals surface area contributed by atoms with E-state index in [2.05, 4.69) is 5.32 Å². The van der Waals surface area contributed by atoms with Gasteiger partial charge in [-0.1, -0.05) is 26.0 Å². The zero-order valence-corrected chi connectivity index (χ0v) is 13.0. The SMILES string of the molecule is CCNCC(C)C(=O)N(C)CCOc1cccc(C)c1. The zero-order valence-electron chi connectivity index (χ0n) is 13.0. The summed E-state index contributed by atoms with van der Waals surface area (Å²) in [4.78, 5) is 13.8. The van der Waals surface area contributed by atoms with Gasteiger partial charge in [0.1, 0.15) is 12.4 Å². The normalized spacial score (nSPS) is 12.0. The molecule has 0 radical (unpaired) electrons. The second kappa shape index (κ2) is 8.59. The van der Waals surface area contributed by atoms with Gasteiger partial charge in [-0.3, -0.25) is 4.79 Å². The number of benzene rings is 1. The van der Waals surface area contributed by atoms with Crippen molar-refractivity contribution in [2.75, 3.05) is 33.3 Å². The summed E-state index contributed by atoms with van der Waals surface area (Å²) in [6, 6.07) is 7.93. The van der Waals surface area contributed by atoms with Gasteiger partial charge in [-0.15, -0.1) is 0 Å². The first-order chi connectivity index (χ1) is 9.54. The Bertz CT molecular complexity index is 421. The molecule has 1 unspecified atom stereocenters. The van der Waals surface area contributed by atoms with E-state index in [1.54, 1.807) is 4.90 Å². The van der Waals surface area contributed by atoms with E-state index in [9.17, 15) is 4.79 Å². The summed E-state index contributed by atoms with van der Waals surface area (Å²) in [5.74, 6) is 1.00. The highest BCUT2D eigenvalue weighted by molar-refractivity contribution is 5.78. The fourth-order valence-corrected chi connectivity index (χ4v) is 1.94. The molecule has 4 heteroatoms. The van der Waals surface area contributed by atoms with Crippen LogP contribution in [0.25, 0.3) is 0 Å². The molecule has 0 aliphatic carbocycles. The lowest BCUT2D eigenvalue weighted by Crippen LogP contribution is -2.38. The number of carbonyl (C=O) groups is 1. The summed E-state index contributed by atoms with van der Waals surface area (Å²) in [6.45, 7) is 8.74. The molecule has 1 amide bonds. The van der Waals surface area contributed by atoms with Crippen molar-refractivity contribution in [2.24, 2.45) is 5.92 Å². The molecule has 0 fully saturated rings. The number of carbonyl (C=O) groups excluding carboxylic acids is 1. The standard InChI is InChI=1S/C16H26N2O2/c1-5-17-12-14(3)16(19)18(4)9-10-20-15-8-6-7-13(2)11-15/h6-8,11,14,17H,5,9-10,12H2,1-4H3. The maximum Gasteiger partial charge on any atom is 0.226 e. The molecular formula is C16H26N2O2. The number of hydrogen-bond donors (Lipinski definition) is 1. The number of hydrogen-bond acceptors (Lipinski definition) is 3. The molecule has 0 spiro atoms. The molecular weight excluding hydrogens is 252 g/mol. The van der Waals surface area contributed by atoms with Gasteiger partial charge < -0.3 is 15.0 Å². The Morgan fingerprint density at radius 2 is 2.20 bits per heavy atom. The molecule has 1 aromatic rings. The lowest BCUT2D eigenvalue weighted by molar-refractivity contribution is -0.133. The lowest BCUT2D eigenvalue weighted by Gasteiger charge is -2.21. The van der Waals surface area contributed by atoms with Crippen LogP contribution in [0.3, 0.4) is 0 Å². The van der Waals surface area contributed by atoms with Crippen LogP contribution in [0, 0.1) is 12.8 Å². The van der Waals surface area contributed by atoms with Crippen molar-refractivity contribution in [3.63, 3.8) is 0 Å². The summed E-state index contributed by atoms with van der Waals surface area (Å²) in [5.41, 5.74) is 1.17. The first-order valence-corrected chi connectivity index (χ1v) is 7.19. The summed E-state index contributed by atoms with van der Waals surface area (Å²) in [7, 11) is 1.82. The molecule has 1 atom stereocenters. The number of amides is 1. The van der Waals surface area contributed by atoms with E-state index >= 15 is 0 Å². The van der Waals surface area contributed by atoms with Crippen LogP contribution >= 0.6 is 0 Å². The van der Waals surface area contributed by atoms with Gasteiger partial charge in [-0.2, -0.15) is 0 Å². The van der Waals surface area contributed by atoms with Crippen molar-refractivity contribution < 1.29 is 9.53 Å². The van der Waals surface area contributed by atoms with E-state index in [0.717, 1.165) is 18.8 Å². The summed E-state index contributed by atoms with van der Waals surface area (Å²) in [6.07, 6.45) is 0. The third kappa shape index (κ3) is 5.61. The number of nitrogens with zero attached hydrogens (tertiary/aromatic N) is 1. The third-order valence-electron chi connectivity index (χ3n) is 3.18. The van der Waals surface area contributed by atoms with E-state index in [-0.39, 0.29) is 11.8 Å². The second-order valence-corrected chi connectivity index (χ2v) is 5.13. The predicted octanol–water partition coefficient (Wildman–Crippen LogP) is 2.08. The van der Waals surface area contributed by atoms with Crippen LogP contribution in [0.4, 0.5) is 0 Å². The minimum atomic E-state index is -0.00100. The Balaban J connectivity index is 2.32. The van der Waals surface area contributed by atoms with Crippen molar-refractivity contribution in [1.29, 1.82) is 0 Å². The predicted molar refractivity (Wildman–Crippen MR) is 82.0 cm³/mol. The van der Waals surface area contributed by atoms with Gasteiger partial charge in [0.15, 0.2) is 0 Å². The number of aryl methyl sites for hydroxylation is 1. The van der Waals surface area contributed by atoms with Crippen molar-refractivity contribution >= 4 is 5.91 Å². The highest BCUT2D eigenvalue weighted by Crippen LogP contribution is 2.12. The molecule has 1 aromatic carbocycles. The van der Waals surface area contributed by atoms with Crippen LogP contribution in [-0.4, -0.2) is 44.1 Å². The van der Waals surface area contributed by atoms with Crippen molar-refractivity contribution in [3.05, 3.63) is 29.8 Å². The van der Waals surface area contributed by atoms with Gasteiger partial charge in [0, 0.05) is 19.5 Å². The molecule has 0 aliphatic heterocycles. The van der Waals surface area contributed by atoms with Crippen LogP contribution in [0.1, 0.15) is 19.4 Å². The molecule has 0 aliphatic rings. The molecule has 0 heterocycles. The van der Waals surface area contributed by atoms with Gasteiger partial charge in [-0.05, 0) is 31.2 Å². The first kappa shape index (κ1) is 16.5.